The molecule has 7 nitrogen and oxygen atoms in total. The van der Waals surface area contributed by atoms with Crippen molar-refractivity contribution in [2.75, 3.05) is 59.1 Å². The Morgan fingerprint density at radius 2 is 1.82 bits per heavy atom. The summed E-state index contributed by atoms with van der Waals surface area (Å²) in [4.78, 5) is 19.7. The van der Waals surface area contributed by atoms with Crippen molar-refractivity contribution in [3.63, 3.8) is 0 Å². The first-order valence-corrected chi connectivity index (χ1v) is 12.4. The second-order valence-electron chi connectivity index (χ2n) is 10.5. The number of benzene rings is 2. The molecule has 1 spiro atoms. The Morgan fingerprint density at radius 1 is 1.00 bits per heavy atom. The first-order valence-electron chi connectivity index (χ1n) is 12.4. The third-order valence-electron chi connectivity index (χ3n) is 7.63. The fourth-order valence-corrected chi connectivity index (χ4v) is 5.84. The van der Waals surface area contributed by atoms with Crippen molar-refractivity contribution in [3.8, 4) is 5.75 Å². The van der Waals surface area contributed by atoms with Gasteiger partial charge in [0.05, 0.1) is 31.4 Å². The lowest BCUT2D eigenvalue weighted by Gasteiger charge is -2.55. The van der Waals surface area contributed by atoms with Crippen molar-refractivity contribution in [2.24, 2.45) is 5.41 Å². The van der Waals surface area contributed by atoms with E-state index in [0.29, 0.717) is 43.0 Å². The highest BCUT2D eigenvalue weighted by Crippen LogP contribution is 2.38. The molecule has 34 heavy (non-hydrogen) atoms. The zero-order valence-electron chi connectivity index (χ0n) is 19.6. The number of likely N-dealkylation sites (tertiary alicyclic amines) is 1. The highest BCUT2D eigenvalue weighted by Gasteiger charge is 2.48. The molecule has 6 rings (SSSR count). The average Bonchev–Trinajstić information content (AvgIpc) is 2.93. The summed E-state index contributed by atoms with van der Waals surface area (Å²) in [5, 5.41) is 10.8. The van der Waals surface area contributed by atoms with Crippen LogP contribution < -0.4 is 4.74 Å². The normalized spacial score (nSPS) is 22.7. The number of ether oxygens (including phenoxy) is 2. The molecular weight excluding hydrogens is 430 g/mol. The molecule has 4 aliphatic rings. The largest absolute Gasteiger partial charge is 0.491 e. The van der Waals surface area contributed by atoms with Crippen LogP contribution in [0.15, 0.2) is 42.5 Å². The van der Waals surface area contributed by atoms with Crippen molar-refractivity contribution < 1.29 is 19.4 Å². The Bertz CT molecular complexity index is 1060. The van der Waals surface area contributed by atoms with Crippen LogP contribution in [0.2, 0.25) is 0 Å². The second-order valence-corrected chi connectivity index (χ2v) is 10.5. The number of fused-ring (bicyclic) bond motifs is 2. The highest BCUT2D eigenvalue weighted by molar-refractivity contribution is 5.97. The van der Waals surface area contributed by atoms with E-state index in [-0.39, 0.29) is 5.91 Å². The fraction of sp³-hybridized carbons (Fsp3) is 0.519. The van der Waals surface area contributed by atoms with Gasteiger partial charge in [-0.1, -0.05) is 30.3 Å². The number of β-amino-alcohol motifs (C(OH)–C–C–N with tert-alkyl or cyclic N) is 1. The lowest BCUT2D eigenvalue weighted by molar-refractivity contribution is -0.191. The van der Waals surface area contributed by atoms with E-state index in [1.165, 1.54) is 16.7 Å². The summed E-state index contributed by atoms with van der Waals surface area (Å²) in [6, 6.07) is 14.4. The number of hydrogen-bond donors (Lipinski definition) is 1. The van der Waals surface area contributed by atoms with Gasteiger partial charge in [-0.3, -0.25) is 14.6 Å². The molecule has 2 saturated heterocycles. The fourth-order valence-electron chi connectivity index (χ4n) is 5.84. The van der Waals surface area contributed by atoms with Crippen LogP contribution in [0.1, 0.15) is 27.0 Å². The molecule has 0 saturated carbocycles. The van der Waals surface area contributed by atoms with E-state index in [0.717, 1.165) is 52.4 Å². The van der Waals surface area contributed by atoms with Gasteiger partial charge < -0.3 is 19.5 Å². The highest BCUT2D eigenvalue weighted by atomic mass is 16.5. The van der Waals surface area contributed by atoms with Gasteiger partial charge in [0.1, 0.15) is 12.4 Å². The molecule has 1 unspecified atom stereocenters. The number of nitrogens with zero attached hydrogens (tertiary/aromatic N) is 3. The van der Waals surface area contributed by atoms with Gasteiger partial charge in [-0.05, 0) is 35.2 Å². The Balaban J connectivity index is 1.05. The number of hydrogen-bond acceptors (Lipinski definition) is 6. The molecule has 0 aromatic heterocycles. The molecule has 1 atom stereocenters. The molecule has 2 aromatic rings. The van der Waals surface area contributed by atoms with Crippen LogP contribution in [0.4, 0.5) is 0 Å². The maximum absolute atomic E-state index is 13.3. The van der Waals surface area contributed by atoms with E-state index in [4.69, 9.17) is 9.47 Å². The number of carbonyl (C=O) groups is 1. The third kappa shape index (κ3) is 4.33. The van der Waals surface area contributed by atoms with Gasteiger partial charge in [0.15, 0.2) is 0 Å². The van der Waals surface area contributed by atoms with Crippen molar-refractivity contribution in [1.82, 2.24) is 14.7 Å². The number of aliphatic hydroxyl groups excluding tert-OH is 1. The van der Waals surface area contributed by atoms with Crippen LogP contribution in [0.3, 0.4) is 0 Å². The summed E-state index contributed by atoms with van der Waals surface area (Å²) in [5.41, 5.74) is 4.89. The SMILES string of the molecule is O=C1c2ccc(CN3CC4(COC4)C3)cc2OCCN1CC(O)CN1CCc2ccccc2C1. The molecule has 2 aromatic carbocycles. The summed E-state index contributed by atoms with van der Waals surface area (Å²) in [6.45, 7) is 8.39. The predicted molar refractivity (Wildman–Crippen MR) is 128 cm³/mol. The van der Waals surface area contributed by atoms with Gasteiger partial charge in [0, 0.05) is 51.2 Å². The summed E-state index contributed by atoms with van der Waals surface area (Å²) in [5.74, 6) is 0.603. The molecular formula is C27H33N3O4. The van der Waals surface area contributed by atoms with Crippen LogP contribution in [0.25, 0.3) is 0 Å². The minimum Gasteiger partial charge on any atom is -0.491 e. The molecule has 0 aliphatic carbocycles. The topological polar surface area (TPSA) is 65.5 Å². The van der Waals surface area contributed by atoms with E-state index in [1.54, 1.807) is 4.90 Å². The summed E-state index contributed by atoms with van der Waals surface area (Å²) >= 11 is 0. The minimum atomic E-state index is -0.593. The monoisotopic (exact) mass is 463 g/mol. The molecule has 0 radical (unpaired) electrons. The maximum Gasteiger partial charge on any atom is 0.257 e. The molecule has 2 fully saturated rings. The van der Waals surface area contributed by atoms with Crippen molar-refractivity contribution in [1.29, 1.82) is 0 Å². The third-order valence-corrected chi connectivity index (χ3v) is 7.63. The van der Waals surface area contributed by atoms with Crippen LogP contribution in [-0.2, 0) is 24.2 Å². The molecule has 1 N–H and O–H groups in total. The van der Waals surface area contributed by atoms with Crippen molar-refractivity contribution in [2.45, 2.75) is 25.6 Å². The lowest BCUT2D eigenvalue weighted by Crippen LogP contribution is -2.65. The number of aliphatic hydroxyl groups is 1. The van der Waals surface area contributed by atoms with Gasteiger partial charge >= 0.3 is 0 Å². The lowest BCUT2D eigenvalue weighted by atomic mass is 9.78. The average molecular weight is 464 g/mol. The Morgan fingerprint density at radius 3 is 2.62 bits per heavy atom. The van der Waals surface area contributed by atoms with Crippen molar-refractivity contribution >= 4 is 5.91 Å². The van der Waals surface area contributed by atoms with E-state index in [9.17, 15) is 9.90 Å². The van der Waals surface area contributed by atoms with E-state index in [2.05, 4.69) is 34.1 Å². The minimum absolute atomic E-state index is 0.0587. The Hall–Kier alpha value is -2.45. The van der Waals surface area contributed by atoms with Gasteiger partial charge in [0.25, 0.3) is 5.91 Å². The first kappa shape index (κ1) is 22.0. The van der Waals surface area contributed by atoms with Gasteiger partial charge in [0.2, 0.25) is 0 Å². The molecule has 180 valence electrons. The summed E-state index contributed by atoms with van der Waals surface area (Å²) in [6.07, 6.45) is 0.408. The van der Waals surface area contributed by atoms with Crippen LogP contribution in [0, 0.1) is 5.41 Å². The maximum atomic E-state index is 13.3. The van der Waals surface area contributed by atoms with Gasteiger partial charge in [-0.25, -0.2) is 0 Å². The second kappa shape index (κ2) is 8.96. The quantitative estimate of drug-likeness (QED) is 0.705. The van der Waals surface area contributed by atoms with Crippen LogP contribution in [0.5, 0.6) is 5.75 Å². The van der Waals surface area contributed by atoms with E-state index in [1.807, 2.05) is 18.2 Å². The molecule has 7 heteroatoms. The Labute approximate surface area is 200 Å². The standard InChI is InChI=1S/C27H33N3O4/c31-23(14-28-8-7-21-3-1-2-4-22(21)13-28)15-30-9-10-34-25-11-20(5-6-24(25)26(30)32)12-29-16-27(17-29)18-33-19-27/h1-6,11,23,31H,7-10,12-19H2. The smallest absolute Gasteiger partial charge is 0.257 e. The zero-order chi connectivity index (χ0) is 23.1. The summed E-state index contributed by atoms with van der Waals surface area (Å²) < 4.78 is 11.3. The zero-order valence-corrected chi connectivity index (χ0v) is 19.6. The predicted octanol–water partition coefficient (Wildman–Crippen LogP) is 1.77. The first-order chi connectivity index (χ1) is 16.6. The number of rotatable bonds is 6. The number of carbonyl (C=O) groups excluding carboxylic acids is 1. The molecule has 4 heterocycles. The van der Waals surface area contributed by atoms with E-state index < -0.39 is 6.10 Å². The van der Waals surface area contributed by atoms with Gasteiger partial charge in [-0.2, -0.15) is 0 Å². The van der Waals surface area contributed by atoms with Gasteiger partial charge in [-0.15, -0.1) is 0 Å². The van der Waals surface area contributed by atoms with Crippen molar-refractivity contribution in [3.05, 3.63) is 64.7 Å². The van der Waals surface area contributed by atoms with Crippen LogP contribution in [-0.4, -0.2) is 90.9 Å². The summed E-state index contributed by atoms with van der Waals surface area (Å²) in [7, 11) is 0. The Kier molecular flexibility index (Phi) is 5.81. The molecule has 0 bridgehead atoms. The number of amides is 1. The van der Waals surface area contributed by atoms with E-state index >= 15 is 0 Å². The molecule has 1 amide bonds. The van der Waals surface area contributed by atoms with Crippen LogP contribution >= 0.6 is 0 Å². The molecule has 4 aliphatic heterocycles.